The maximum atomic E-state index is 11.7. The second-order valence-corrected chi connectivity index (χ2v) is 5.27. The van der Waals surface area contributed by atoms with Gasteiger partial charge in [-0.15, -0.1) is 0 Å². The van der Waals surface area contributed by atoms with Gasteiger partial charge in [0.1, 0.15) is 0 Å². The first-order valence-electron chi connectivity index (χ1n) is 5.67. The van der Waals surface area contributed by atoms with Crippen LogP contribution in [0.15, 0.2) is 24.3 Å². The highest BCUT2D eigenvalue weighted by Crippen LogP contribution is 2.30. The first kappa shape index (κ1) is 16.4. The fraction of sp³-hybridized carbons (Fsp3) is 0. The van der Waals surface area contributed by atoms with Crippen molar-refractivity contribution >= 4 is 67.3 Å². The number of halogens is 3. The van der Waals surface area contributed by atoms with E-state index in [-0.39, 0.29) is 16.5 Å². The van der Waals surface area contributed by atoms with E-state index in [4.69, 9.17) is 34.8 Å². The third-order valence-electron chi connectivity index (χ3n) is 2.99. The van der Waals surface area contributed by atoms with Crippen LogP contribution < -0.4 is 0 Å². The lowest BCUT2D eigenvalue weighted by molar-refractivity contribution is 0.0690. The van der Waals surface area contributed by atoms with E-state index in [0.29, 0.717) is 5.39 Å². The summed E-state index contributed by atoms with van der Waals surface area (Å²) in [6.07, 6.45) is 0. The Morgan fingerprint density at radius 1 is 0.818 bits per heavy atom. The minimum atomic E-state index is -1.54. The molecule has 2 rings (SSSR count). The van der Waals surface area contributed by atoms with E-state index in [2.05, 4.69) is 0 Å². The van der Waals surface area contributed by atoms with Crippen LogP contribution in [0.3, 0.4) is 0 Å². The minimum absolute atomic E-state index is 0.0506. The van der Waals surface area contributed by atoms with Gasteiger partial charge in [0.05, 0.1) is 11.1 Å². The Morgan fingerprint density at radius 3 is 1.91 bits per heavy atom. The molecule has 0 amide bonds. The molecule has 2 aromatic rings. The van der Waals surface area contributed by atoms with Gasteiger partial charge in [-0.2, -0.15) is 0 Å². The monoisotopic (exact) mass is 358 g/mol. The fourth-order valence-electron chi connectivity index (χ4n) is 2.10. The first-order valence-corrected chi connectivity index (χ1v) is 6.81. The number of hydrogen-bond acceptors (Lipinski definition) is 4. The summed E-state index contributed by atoms with van der Waals surface area (Å²) >= 11 is 16.2. The largest absolute Gasteiger partial charge is 0.478 e. The number of fused-ring (bicyclic) bond motifs is 1. The van der Waals surface area contributed by atoms with Crippen LogP contribution in [0.5, 0.6) is 0 Å². The van der Waals surface area contributed by atoms with Crippen LogP contribution in [0.2, 0.25) is 0 Å². The van der Waals surface area contributed by atoms with E-state index < -0.39 is 32.8 Å². The lowest BCUT2D eigenvalue weighted by Gasteiger charge is -2.11. The summed E-state index contributed by atoms with van der Waals surface area (Å²) < 4.78 is 0. The number of carboxylic acid groups (broad SMARTS) is 1. The zero-order valence-electron chi connectivity index (χ0n) is 10.5. The molecule has 0 atom stereocenters. The molecule has 0 radical (unpaired) electrons. The third-order valence-corrected chi connectivity index (χ3v) is 3.60. The van der Waals surface area contributed by atoms with E-state index in [1.54, 1.807) is 0 Å². The molecule has 0 saturated heterocycles. The Labute approximate surface area is 138 Å². The number of hydrogen-bond donors (Lipinski definition) is 1. The highest BCUT2D eigenvalue weighted by atomic mass is 35.5. The summed E-state index contributed by atoms with van der Waals surface area (Å²) in [5, 5.41) is 6.75. The van der Waals surface area contributed by atoms with Crippen LogP contribution in [0.25, 0.3) is 10.8 Å². The van der Waals surface area contributed by atoms with Crippen molar-refractivity contribution in [2.45, 2.75) is 0 Å². The molecule has 0 bridgehead atoms. The summed E-state index contributed by atoms with van der Waals surface area (Å²) in [5.74, 6) is -1.54. The van der Waals surface area contributed by atoms with Crippen molar-refractivity contribution in [3.05, 3.63) is 46.5 Å². The van der Waals surface area contributed by atoms with Gasteiger partial charge in [0.2, 0.25) is 0 Å². The van der Waals surface area contributed by atoms with Crippen LogP contribution >= 0.6 is 34.8 Å². The topological polar surface area (TPSA) is 88.5 Å². The van der Waals surface area contributed by atoms with Crippen LogP contribution in [0, 0.1) is 0 Å². The standard InChI is InChI=1S/C14H5Cl3O5/c15-11(18)6-2-1-5-3-8(12(16)19)10(14(21)22)9(13(17)20)7(5)4-6/h1-4H,(H,21,22). The average Bonchev–Trinajstić information content (AvgIpc) is 2.43. The van der Waals surface area contributed by atoms with Gasteiger partial charge in [0.15, 0.2) is 0 Å². The summed E-state index contributed by atoms with van der Waals surface area (Å²) in [4.78, 5) is 45.7. The summed E-state index contributed by atoms with van der Waals surface area (Å²) in [6.45, 7) is 0. The zero-order valence-corrected chi connectivity index (χ0v) is 12.8. The van der Waals surface area contributed by atoms with Crippen molar-refractivity contribution in [2.75, 3.05) is 0 Å². The fourth-order valence-corrected chi connectivity index (χ4v) is 2.56. The molecule has 1 N–H and O–H groups in total. The van der Waals surface area contributed by atoms with Gasteiger partial charge in [0.25, 0.3) is 15.7 Å². The smallest absolute Gasteiger partial charge is 0.337 e. The zero-order chi connectivity index (χ0) is 16.6. The summed E-state index contributed by atoms with van der Waals surface area (Å²) in [5.41, 5.74) is -1.35. The number of aromatic carboxylic acids is 1. The Bertz CT molecular complexity index is 857. The SMILES string of the molecule is O=C(Cl)c1ccc2cc(C(=O)Cl)c(C(=O)O)c(C(=O)Cl)c2c1. The van der Waals surface area contributed by atoms with Crippen LogP contribution in [-0.2, 0) is 0 Å². The highest BCUT2D eigenvalue weighted by Gasteiger charge is 2.26. The van der Waals surface area contributed by atoms with Crippen LogP contribution in [-0.4, -0.2) is 26.8 Å². The normalized spacial score (nSPS) is 10.5. The first-order chi connectivity index (χ1) is 10.2. The highest BCUT2D eigenvalue weighted by molar-refractivity contribution is 6.71. The molecule has 0 aromatic heterocycles. The molecule has 0 saturated carbocycles. The summed E-state index contributed by atoms with van der Waals surface area (Å²) in [7, 11) is 0. The van der Waals surface area contributed by atoms with Gasteiger partial charge in [-0.3, -0.25) is 14.4 Å². The maximum absolute atomic E-state index is 11.7. The predicted molar refractivity (Wildman–Crippen MR) is 81.5 cm³/mol. The summed E-state index contributed by atoms with van der Waals surface area (Å²) in [6, 6.07) is 5.21. The lowest BCUT2D eigenvalue weighted by atomic mass is 9.94. The third kappa shape index (κ3) is 2.83. The Morgan fingerprint density at radius 2 is 1.45 bits per heavy atom. The number of carbonyl (C=O) groups excluding carboxylic acids is 3. The van der Waals surface area contributed by atoms with Gasteiger partial charge < -0.3 is 5.11 Å². The molecule has 22 heavy (non-hydrogen) atoms. The molecule has 0 aliphatic rings. The maximum Gasteiger partial charge on any atom is 0.337 e. The number of carboxylic acids is 1. The number of benzene rings is 2. The number of rotatable bonds is 4. The van der Waals surface area contributed by atoms with Crippen molar-refractivity contribution in [2.24, 2.45) is 0 Å². The predicted octanol–water partition coefficient (Wildman–Crippen LogP) is 3.68. The molecule has 0 fully saturated rings. The van der Waals surface area contributed by atoms with Gasteiger partial charge >= 0.3 is 5.97 Å². The Kier molecular flexibility index (Phi) is 4.51. The van der Waals surface area contributed by atoms with E-state index in [9.17, 15) is 24.3 Å². The van der Waals surface area contributed by atoms with Gasteiger partial charge in [-0.25, -0.2) is 4.79 Å². The molecule has 0 unspecified atom stereocenters. The molecular weight excluding hydrogens is 355 g/mol. The van der Waals surface area contributed by atoms with E-state index in [1.165, 1.54) is 24.3 Å². The second-order valence-electron chi connectivity index (χ2n) is 4.24. The van der Waals surface area contributed by atoms with E-state index in [1.807, 2.05) is 0 Å². The average molecular weight is 360 g/mol. The number of carbonyl (C=O) groups is 4. The van der Waals surface area contributed by atoms with E-state index >= 15 is 0 Å². The second kappa shape index (κ2) is 6.04. The van der Waals surface area contributed by atoms with Gasteiger partial charge in [-0.05, 0) is 63.8 Å². The molecule has 2 aromatic carbocycles. The van der Waals surface area contributed by atoms with Crippen molar-refractivity contribution in [3.8, 4) is 0 Å². The van der Waals surface area contributed by atoms with Crippen molar-refractivity contribution in [1.29, 1.82) is 0 Å². The molecule has 112 valence electrons. The van der Waals surface area contributed by atoms with Crippen molar-refractivity contribution < 1.29 is 24.3 Å². The molecule has 8 heteroatoms. The quantitative estimate of drug-likeness (QED) is 0.841. The molecule has 0 aliphatic carbocycles. The molecular formula is C14H5Cl3O5. The van der Waals surface area contributed by atoms with Gasteiger partial charge in [0, 0.05) is 11.1 Å². The lowest BCUT2D eigenvalue weighted by Crippen LogP contribution is -2.12. The molecule has 5 nitrogen and oxygen atoms in total. The molecule has 0 spiro atoms. The van der Waals surface area contributed by atoms with Crippen LogP contribution in [0.4, 0.5) is 0 Å². The van der Waals surface area contributed by atoms with Gasteiger partial charge in [-0.1, -0.05) is 6.07 Å². The van der Waals surface area contributed by atoms with Crippen molar-refractivity contribution in [1.82, 2.24) is 0 Å². The van der Waals surface area contributed by atoms with E-state index in [0.717, 1.165) is 0 Å². The molecule has 0 aliphatic heterocycles. The Balaban J connectivity index is 3.04. The van der Waals surface area contributed by atoms with Crippen LogP contribution in [0.1, 0.15) is 41.4 Å². The van der Waals surface area contributed by atoms with Crippen molar-refractivity contribution in [3.63, 3.8) is 0 Å². The minimum Gasteiger partial charge on any atom is -0.478 e. The Hall–Kier alpha value is -1.95. The molecule has 0 heterocycles.